The van der Waals surface area contributed by atoms with Crippen LogP contribution in [-0.2, 0) is 0 Å². The molecule has 0 spiro atoms. The smallest absolute Gasteiger partial charge is 0.00344 e. The zero-order chi connectivity index (χ0) is 22.0. The minimum Gasteiger partial charge on any atom is -0.128 e. The topological polar surface area (TPSA) is 0 Å². The van der Waals surface area contributed by atoms with E-state index in [1.165, 1.54) is 28.4 Å². The van der Waals surface area contributed by atoms with Crippen molar-refractivity contribution >= 4 is 30.3 Å². The fourth-order valence-corrected chi connectivity index (χ4v) is 11.2. The van der Waals surface area contributed by atoms with E-state index in [4.69, 9.17) is 0 Å². The third-order valence-electron chi connectivity index (χ3n) is 8.73. The minimum absolute atomic E-state index is 0.308. The number of hydrogen-bond donors (Lipinski definition) is 0. The highest BCUT2D eigenvalue weighted by Crippen LogP contribution is 2.89. The summed E-state index contributed by atoms with van der Waals surface area (Å²) in [5, 5.41) is 5.40. The molecular formula is C29H35PS. The van der Waals surface area contributed by atoms with Crippen molar-refractivity contribution in [3.63, 3.8) is 0 Å². The molecule has 0 nitrogen and oxygen atoms in total. The molecule has 162 valence electrons. The van der Waals surface area contributed by atoms with Gasteiger partial charge in [-0.25, -0.2) is 0 Å². The lowest BCUT2D eigenvalue weighted by molar-refractivity contribution is -0.264. The van der Waals surface area contributed by atoms with Crippen molar-refractivity contribution in [3.8, 4) is 0 Å². The molecule has 0 aliphatic heterocycles. The summed E-state index contributed by atoms with van der Waals surface area (Å²) in [6, 6.07) is 22.7. The Bertz CT molecular complexity index is 1010. The number of benzene rings is 2. The Hall–Kier alpha value is -1.30. The van der Waals surface area contributed by atoms with E-state index in [0.29, 0.717) is 27.4 Å². The summed E-state index contributed by atoms with van der Waals surface area (Å²) in [5.74, 6) is 0.714. The first-order chi connectivity index (χ1) is 14.7. The van der Waals surface area contributed by atoms with E-state index in [1.807, 2.05) is 11.8 Å². The fourth-order valence-electron chi connectivity index (χ4n) is 7.24. The lowest BCUT2D eigenvalue weighted by Crippen LogP contribution is -2.70. The Balaban J connectivity index is 1.73. The van der Waals surface area contributed by atoms with E-state index in [-0.39, 0.29) is 0 Å². The first-order valence-corrected chi connectivity index (χ1v) is 13.9. The van der Waals surface area contributed by atoms with E-state index < -0.39 is 7.92 Å². The summed E-state index contributed by atoms with van der Waals surface area (Å²) in [6.45, 7) is 14.7. The molecule has 0 amide bonds. The molecule has 0 N–H and O–H groups in total. The molecule has 5 rings (SSSR count). The number of thioether (sulfide) groups is 1. The van der Waals surface area contributed by atoms with Gasteiger partial charge in [0.15, 0.2) is 0 Å². The van der Waals surface area contributed by atoms with Crippen LogP contribution in [0.25, 0.3) is 0 Å². The molecule has 2 fully saturated rings. The molecule has 3 aliphatic rings. The normalized spacial score (nSPS) is 34.1. The molecule has 2 aromatic carbocycles. The van der Waals surface area contributed by atoms with Gasteiger partial charge in [-0.05, 0) is 82.3 Å². The van der Waals surface area contributed by atoms with Gasteiger partial charge in [0, 0.05) is 5.25 Å². The fraction of sp³-hybridized carbons (Fsp3) is 0.448. The van der Waals surface area contributed by atoms with Crippen LogP contribution in [0.2, 0.25) is 0 Å². The summed E-state index contributed by atoms with van der Waals surface area (Å²) in [7, 11) is -0.517. The van der Waals surface area contributed by atoms with Crippen LogP contribution < -0.4 is 10.6 Å². The molecule has 2 aromatic rings. The van der Waals surface area contributed by atoms with Gasteiger partial charge in [-0.1, -0.05) is 95.3 Å². The van der Waals surface area contributed by atoms with Crippen LogP contribution >= 0.6 is 19.7 Å². The first kappa shape index (κ1) is 21.5. The molecule has 0 radical (unpaired) electrons. The average Bonchev–Trinajstić information content (AvgIpc) is 2.81. The highest BCUT2D eigenvalue weighted by Gasteiger charge is 2.81. The van der Waals surface area contributed by atoms with Crippen molar-refractivity contribution in [1.82, 2.24) is 0 Å². The summed E-state index contributed by atoms with van der Waals surface area (Å²) in [4.78, 5) is 1.47. The molecule has 0 heterocycles. The van der Waals surface area contributed by atoms with Crippen molar-refractivity contribution in [1.29, 1.82) is 0 Å². The van der Waals surface area contributed by atoms with Gasteiger partial charge in [0.2, 0.25) is 0 Å². The summed E-state index contributed by atoms with van der Waals surface area (Å²) in [5.41, 5.74) is 2.91. The summed E-state index contributed by atoms with van der Waals surface area (Å²) < 4.78 is 0. The van der Waals surface area contributed by atoms with Crippen LogP contribution in [0, 0.1) is 22.2 Å². The Kier molecular flexibility index (Phi) is 5.11. The molecule has 0 bridgehead atoms. The maximum Gasteiger partial charge on any atom is 0.00344 e. The first-order valence-electron chi connectivity index (χ1n) is 11.7. The summed E-state index contributed by atoms with van der Waals surface area (Å²) in [6.07, 6.45) is 5.31. The highest BCUT2D eigenvalue weighted by molar-refractivity contribution is 8.03. The molecule has 0 aromatic heterocycles. The number of rotatable bonds is 6. The molecule has 31 heavy (non-hydrogen) atoms. The Morgan fingerprint density at radius 1 is 0.968 bits per heavy atom. The lowest BCUT2D eigenvalue weighted by atomic mass is 9.27. The lowest BCUT2D eigenvalue weighted by Gasteiger charge is -2.76. The van der Waals surface area contributed by atoms with Gasteiger partial charge in [0.05, 0.1) is 0 Å². The SMILES string of the molecule is C/C(=C\C1=C(P(c2ccccc2)c2ccccc2)C2CC3(C)CC1(C)C23C)SC(C)C. The highest BCUT2D eigenvalue weighted by atomic mass is 32.2. The van der Waals surface area contributed by atoms with Gasteiger partial charge in [-0.3, -0.25) is 0 Å². The van der Waals surface area contributed by atoms with Crippen LogP contribution in [-0.4, -0.2) is 5.25 Å². The molecular weight excluding hydrogens is 411 g/mol. The van der Waals surface area contributed by atoms with E-state index in [0.717, 1.165) is 0 Å². The molecule has 2 heteroatoms. The van der Waals surface area contributed by atoms with E-state index in [9.17, 15) is 0 Å². The number of allylic oxidation sites excluding steroid dienone is 4. The maximum absolute atomic E-state index is 2.61. The maximum atomic E-state index is 2.61. The van der Waals surface area contributed by atoms with E-state index in [1.54, 1.807) is 10.9 Å². The van der Waals surface area contributed by atoms with Crippen molar-refractivity contribution in [3.05, 3.63) is 82.5 Å². The van der Waals surface area contributed by atoms with Crippen LogP contribution in [0.5, 0.6) is 0 Å². The molecule has 3 aliphatic carbocycles. The quantitative estimate of drug-likeness (QED) is 0.407. The Morgan fingerprint density at radius 2 is 1.52 bits per heavy atom. The monoisotopic (exact) mass is 446 g/mol. The molecule has 0 saturated heterocycles. The van der Waals surface area contributed by atoms with Crippen LogP contribution in [0.3, 0.4) is 0 Å². The standard InChI is InChI=1S/C29H35PS/c1-20(2)31-21(3)17-24-26(25-18-27(4)19-28(24,5)29(25,27)6)30(22-13-9-7-10-14-22)23-15-11-8-12-16-23/h7-17,20,25H,18-19H2,1-6H3/b21-17+. The van der Waals surface area contributed by atoms with Gasteiger partial charge >= 0.3 is 0 Å². The second-order valence-corrected chi connectivity index (χ2v) is 14.8. The van der Waals surface area contributed by atoms with Gasteiger partial charge in [-0.15, -0.1) is 11.8 Å². The van der Waals surface area contributed by atoms with Crippen molar-refractivity contribution in [2.75, 3.05) is 0 Å². The third-order valence-corrected chi connectivity index (χ3v) is 12.4. The minimum atomic E-state index is -0.517. The largest absolute Gasteiger partial charge is 0.128 e. The molecule has 2 saturated carbocycles. The number of hydrogen-bond acceptors (Lipinski definition) is 1. The third kappa shape index (κ3) is 2.92. The van der Waals surface area contributed by atoms with Crippen molar-refractivity contribution in [2.45, 2.75) is 59.6 Å². The van der Waals surface area contributed by atoms with Crippen LogP contribution in [0.1, 0.15) is 54.4 Å². The Morgan fingerprint density at radius 3 is 2.00 bits per heavy atom. The second-order valence-electron chi connectivity index (χ2n) is 10.8. The molecule has 4 unspecified atom stereocenters. The van der Waals surface area contributed by atoms with Crippen molar-refractivity contribution in [2.24, 2.45) is 22.2 Å². The zero-order valence-corrected chi connectivity index (χ0v) is 21.5. The average molecular weight is 447 g/mol. The predicted molar refractivity (Wildman–Crippen MR) is 140 cm³/mol. The zero-order valence-electron chi connectivity index (χ0n) is 19.8. The molecule has 4 atom stereocenters. The van der Waals surface area contributed by atoms with E-state index >= 15 is 0 Å². The van der Waals surface area contributed by atoms with E-state index in [2.05, 4.69) is 108 Å². The van der Waals surface area contributed by atoms with Crippen LogP contribution in [0.4, 0.5) is 0 Å². The second kappa shape index (κ2) is 7.36. The van der Waals surface area contributed by atoms with Gasteiger partial charge in [0.1, 0.15) is 0 Å². The predicted octanol–water partition coefficient (Wildman–Crippen LogP) is 7.87. The van der Waals surface area contributed by atoms with Gasteiger partial charge in [-0.2, -0.15) is 0 Å². The van der Waals surface area contributed by atoms with Crippen LogP contribution in [0.15, 0.2) is 82.5 Å². The van der Waals surface area contributed by atoms with Gasteiger partial charge < -0.3 is 0 Å². The van der Waals surface area contributed by atoms with Crippen molar-refractivity contribution < 1.29 is 0 Å². The van der Waals surface area contributed by atoms with Gasteiger partial charge in [0.25, 0.3) is 0 Å². The summed E-state index contributed by atoms with van der Waals surface area (Å²) >= 11 is 2.02. The Labute approximate surface area is 194 Å².